The molecule has 5 heterocycles. The van der Waals surface area contributed by atoms with Gasteiger partial charge in [-0.05, 0) is 194 Å². The van der Waals surface area contributed by atoms with Gasteiger partial charge in [-0.2, -0.15) is 0 Å². The Morgan fingerprint density at radius 1 is 0.372 bits per heavy atom. The Bertz CT molecular complexity index is 4040. The minimum atomic E-state index is -0.243. The van der Waals surface area contributed by atoms with Crippen LogP contribution in [0.1, 0.15) is 88.0 Å². The van der Waals surface area contributed by atoms with Gasteiger partial charge in [0, 0.05) is 68.5 Å². The molecular weight excluding hydrogens is 1080 g/mol. The van der Waals surface area contributed by atoms with Crippen molar-refractivity contribution >= 4 is 58.2 Å². The summed E-state index contributed by atoms with van der Waals surface area (Å²) in [5.74, 6) is 2.48. The quantitative estimate of drug-likeness (QED) is 0.0730. The van der Waals surface area contributed by atoms with Crippen LogP contribution < -0.4 is 39.1 Å². The Balaban J connectivity index is 1.08. The molecule has 0 fully saturated rings. The molecule has 11 rings (SSSR count). The second-order valence-electron chi connectivity index (χ2n) is 21.6. The molecule has 0 saturated heterocycles. The van der Waals surface area contributed by atoms with Crippen molar-refractivity contribution in [3.8, 4) is 79.0 Å². The van der Waals surface area contributed by atoms with Crippen molar-refractivity contribution in [2.45, 2.75) is 54.6 Å². The van der Waals surface area contributed by atoms with Gasteiger partial charge < -0.3 is 49.0 Å². The summed E-state index contributed by atoms with van der Waals surface area (Å²) < 4.78 is 33.3. The van der Waals surface area contributed by atoms with Crippen molar-refractivity contribution in [1.29, 1.82) is 0 Å². The molecule has 0 aliphatic carbocycles. The molecule has 14 heteroatoms. The number of carbonyl (C=O) groups excluding carboxylic acids is 2. The first-order valence-corrected chi connectivity index (χ1v) is 28.3. The topological polar surface area (TPSA) is 171 Å². The number of hydrogen-bond donors (Lipinski definition) is 4. The first-order chi connectivity index (χ1) is 41.6. The maximum absolute atomic E-state index is 13.9. The second kappa shape index (κ2) is 24.1. The van der Waals surface area contributed by atoms with Crippen molar-refractivity contribution in [2.24, 2.45) is 0 Å². The molecule has 2 aliphatic heterocycles. The molecule has 0 radical (unpaired) electrons. The zero-order valence-electron chi connectivity index (χ0n) is 50.4. The van der Waals surface area contributed by atoms with E-state index in [0.717, 1.165) is 134 Å². The molecule has 14 nitrogen and oxygen atoms in total. The van der Waals surface area contributed by atoms with E-state index in [2.05, 4.69) is 135 Å². The van der Waals surface area contributed by atoms with Crippen LogP contribution in [0.25, 0.3) is 90.9 Å². The highest BCUT2D eigenvalue weighted by Crippen LogP contribution is 2.43. The minimum absolute atomic E-state index is 0.230. The van der Waals surface area contributed by atoms with E-state index in [1.54, 1.807) is 42.7 Å². The number of aromatic amines is 2. The predicted octanol–water partition coefficient (Wildman–Crippen LogP) is 15.1. The molecule has 0 saturated carbocycles. The molecule has 434 valence electrons. The predicted molar refractivity (Wildman–Crippen MR) is 344 cm³/mol. The smallest absolute Gasteiger partial charge is 0.251 e. The zero-order chi connectivity index (χ0) is 60.5. The first-order valence-electron chi connectivity index (χ1n) is 28.3. The third kappa shape index (κ3) is 11.0. The lowest BCUT2D eigenvalue weighted by Gasteiger charge is -2.14. The highest BCUT2D eigenvalue weighted by molar-refractivity contribution is 6.02. The highest BCUT2D eigenvalue weighted by atomic mass is 16.5. The van der Waals surface area contributed by atoms with Gasteiger partial charge in [0.1, 0.15) is 0 Å². The Labute approximate surface area is 500 Å². The van der Waals surface area contributed by atoms with E-state index in [0.29, 0.717) is 45.6 Å². The number of ether oxygens (including phenoxy) is 6. The number of aryl methyl sites for hydroxylation is 6. The summed E-state index contributed by atoms with van der Waals surface area (Å²) in [7, 11) is 9.37. The zero-order valence-corrected chi connectivity index (χ0v) is 50.4. The molecule has 8 bridgehead atoms. The number of rotatable bonds is 16. The number of carbonyl (C=O) groups is 2. The lowest BCUT2D eigenvalue weighted by molar-refractivity contribution is 0.0943. The average molecular weight is 1150 g/mol. The van der Waals surface area contributed by atoms with Gasteiger partial charge in [-0.1, -0.05) is 59.7 Å². The van der Waals surface area contributed by atoms with Crippen LogP contribution in [0.4, 0.5) is 0 Å². The van der Waals surface area contributed by atoms with Crippen molar-refractivity contribution in [3.05, 3.63) is 200 Å². The van der Waals surface area contributed by atoms with Gasteiger partial charge in [-0.25, -0.2) is 9.97 Å². The average Bonchev–Trinajstić information content (AvgIpc) is 3.00. The SMILES string of the molecule is COc1cc(CNC(=O)c2ccc(-c3c4nc(c(-c5c(C)cc(C)cc5C)c5ccc([nH]5)c(-c5ccc(C(=O)NCc6cc(OC)c(OC)c(OC)c6)cc5)c5nc(c(-c6c(C)cc(C)cc6C)c6ccc3[nH]6)C=C5)C=C4)cc2)cc(OC)c1OC. The number of methoxy groups -OCH3 is 6. The van der Waals surface area contributed by atoms with Gasteiger partial charge >= 0.3 is 0 Å². The Morgan fingerprint density at radius 2 is 0.663 bits per heavy atom. The molecule has 4 N–H and O–H groups in total. The molecule has 0 unspecified atom stereocenters. The molecular formula is C72H68N6O8. The number of fused-ring (bicyclic) bond motifs is 8. The van der Waals surface area contributed by atoms with E-state index in [-0.39, 0.29) is 24.9 Å². The molecule has 9 aromatic rings. The van der Waals surface area contributed by atoms with Crippen molar-refractivity contribution in [3.63, 3.8) is 0 Å². The number of nitrogens with one attached hydrogen (secondary N) is 4. The third-order valence-electron chi connectivity index (χ3n) is 15.8. The van der Waals surface area contributed by atoms with E-state index in [9.17, 15) is 9.59 Å². The fraction of sp³-hybridized carbons (Fsp3) is 0.194. The van der Waals surface area contributed by atoms with Gasteiger partial charge in [0.25, 0.3) is 11.8 Å². The fourth-order valence-electron chi connectivity index (χ4n) is 12.1. The van der Waals surface area contributed by atoms with E-state index >= 15 is 0 Å². The van der Waals surface area contributed by atoms with Crippen LogP contribution in [0.2, 0.25) is 0 Å². The third-order valence-corrected chi connectivity index (χ3v) is 15.8. The van der Waals surface area contributed by atoms with Crippen molar-refractivity contribution in [1.82, 2.24) is 30.6 Å². The molecule has 0 atom stereocenters. The van der Waals surface area contributed by atoms with E-state index in [1.165, 1.54) is 0 Å². The summed E-state index contributed by atoms with van der Waals surface area (Å²) in [4.78, 5) is 46.7. The molecule has 3 aromatic heterocycles. The van der Waals surface area contributed by atoms with Crippen LogP contribution in [0.3, 0.4) is 0 Å². The number of aromatic nitrogens is 4. The van der Waals surface area contributed by atoms with Crippen LogP contribution in [-0.2, 0) is 13.1 Å². The van der Waals surface area contributed by atoms with Crippen LogP contribution in [-0.4, -0.2) is 74.4 Å². The van der Waals surface area contributed by atoms with Gasteiger partial charge in [0.15, 0.2) is 23.0 Å². The maximum Gasteiger partial charge on any atom is 0.251 e. The van der Waals surface area contributed by atoms with E-state index in [1.807, 2.05) is 72.8 Å². The van der Waals surface area contributed by atoms with Crippen molar-refractivity contribution < 1.29 is 38.0 Å². The summed E-state index contributed by atoms with van der Waals surface area (Å²) in [6.07, 6.45) is 8.34. The van der Waals surface area contributed by atoms with Crippen LogP contribution in [0.5, 0.6) is 34.5 Å². The largest absolute Gasteiger partial charge is 0.493 e. The standard InChI is InChI=1S/C72H68N6O8/c1-39-29-41(3)63(42(4)30-39)67-55-25-21-51(75-55)65(47-13-17-49(18-14-47)71(79)73-37-45-33-59(81-7)69(85-11)60(34-45)82-8)53-23-27-57(77-53)68(64-43(5)31-40(2)32-44(64)6)58-28-24-54(78-58)66(52-22-26-56(67)76-52)48-15-19-50(20-16-48)72(80)74-38-46-35-61(83-9)70(86-12)62(36-46)84-10/h13-36,75,78H,37-38H2,1-12H3,(H,73,79)(H,74,80). The maximum atomic E-state index is 13.9. The van der Waals surface area contributed by atoms with Crippen LogP contribution in [0.15, 0.2) is 121 Å². The number of nitrogens with zero attached hydrogens (tertiary/aromatic N) is 2. The normalized spacial score (nSPS) is 11.6. The molecule has 2 amide bonds. The lowest BCUT2D eigenvalue weighted by Crippen LogP contribution is -2.22. The van der Waals surface area contributed by atoms with Gasteiger partial charge in [-0.15, -0.1) is 0 Å². The van der Waals surface area contributed by atoms with Crippen LogP contribution in [0, 0.1) is 41.5 Å². The second-order valence-corrected chi connectivity index (χ2v) is 21.6. The van der Waals surface area contributed by atoms with Gasteiger partial charge in [0.2, 0.25) is 11.5 Å². The first kappa shape index (κ1) is 57.5. The van der Waals surface area contributed by atoms with Gasteiger partial charge in [-0.3, -0.25) is 9.59 Å². The van der Waals surface area contributed by atoms with E-state index < -0.39 is 0 Å². The molecule has 6 aromatic carbocycles. The Hall–Kier alpha value is -10.3. The number of benzene rings is 6. The summed E-state index contributed by atoms with van der Waals surface area (Å²) >= 11 is 0. The highest BCUT2D eigenvalue weighted by Gasteiger charge is 2.23. The van der Waals surface area contributed by atoms with Gasteiger partial charge in [0.05, 0.1) is 65.4 Å². The lowest BCUT2D eigenvalue weighted by atomic mass is 9.92. The Kier molecular flexibility index (Phi) is 16.1. The molecule has 0 spiro atoms. The Morgan fingerprint density at radius 3 is 0.953 bits per heavy atom. The van der Waals surface area contributed by atoms with Crippen LogP contribution >= 0.6 is 0 Å². The van der Waals surface area contributed by atoms with Crippen molar-refractivity contribution in [2.75, 3.05) is 42.7 Å². The fourth-order valence-corrected chi connectivity index (χ4v) is 12.1. The number of H-pyrrole nitrogens is 2. The molecule has 2 aliphatic rings. The summed E-state index contributed by atoms with van der Waals surface area (Å²) in [5, 5.41) is 6.14. The summed E-state index contributed by atoms with van der Waals surface area (Å²) in [5.41, 5.74) is 23.2. The monoisotopic (exact) mass is 1140 g/mol. The minimum Gasteiger partial charge on any atom is -0.493 e. The number of hydrogen-bond acceptors (Lipinski definition) is 10. The molecule has 86 heavy (non-hydrogen) atoms. The van der Waals surface area contributed by atoms with E-state index in [4.69, 9.17) is 38.4 Å². The number of amides is 2. The summed E-state index contributed by atoms with van der Waals surface area (Å²) in [6, 6.07) is 39.9. The summed E-state index contributed by atoms with van der Waals surface area (Å²) in [6.45, 7) is 13.3.